The van der Waals surface area contributed by atoms with Crippen molar-refractivity contribution in [2.75, 3.05) is 12.0 Å². The maximum Gasteiger partial charge on any atom is 0.187 e. The predicted molar refractivity (Wildman–Crippen MR) is 134 cm³/mol. The summed E-state index contributed by atoms with van der Waals surface area (Å²) >= 11 is -1.40. The van der Waals surface area contributed by atoms with Gasteiger partial charge in [0.05, 0.1) is 49.0 Å². The van der Waals surface area contributed by atoms with Crippen LogP contribution < -0.4 is 10.2 Å². The summed E-state index contributed by atoms with van der Waals surface area (Å²) in [6.45, 7) is 1.26. The highest BCUT2D eigenvalue weighted by Crippen LogP contribution is 2.37. The van der Waals surface area contributed by atoms with E-state index < -0.39 is 17.7 Å². The summed E-state index contributed by atoms with van der Waals surface area (Å²) in [7, 11) is 0. The van der Waals surface area contributed by atoms with Crippen LogP contribution >= 0.6 is 0 Å². The molecule has 3 aromatic rings. The molecule has 0 radical (unpaired) electrons. The first kappa shape index (κ1) is 25.2. The molecule has 0 amide bonds. The lowest BCUT2D eigenvalue weighted by atomic mass is 10.1. The molecule has 0 spiro atoms. The van der Waals surface area contributed by atoms with E-state index in [4.69, 9.17) is 24.2 Å². The van der Waals surface area contributed by atoms with Crippen molar-refractivity contribution in [3.8, 4) is 0 Å². The van der Waals surface area contributed by atoms with Crippen molar-refractivity contribution in [2.24, 2.45) is 0 Å². The van der Waals surface area contributed by atoms with E-state index in [9.17, 15) is 4.55 Å². The van der Waals surface area contributed by atoms with Crippen LogP contribution in [-0.2, 0) is 43.5 Å². The molecule has 3 aromatic carbocycles. The predicted octanol–water partition coefficient (Wildman–Crippen LogP) is 3.78. The zero-order valence-electron chi connectivity index (χ0n) is 19.7. The van der Waals surface area contributed by atoms with E-state index in [1.54, 1.807) is 24.3 Å². The molecule has 36 heavy (non-hydrogen) atoms. The highest BCUT2D eigenvalue weighted by Gasteiger charge is 2.52. The highest BCUT2D eigenvalue weighted by atomic mass is 32.2. The molecule has 0 bridgehead atoms. The van der Waals surface area contributed by atoms with Gasteiger partial charge >= 0.3 is 0 Å². The number of benzene rings is 3. The van der Waals surface area contributed by atoms with Crippen molar-refractivity contribution in [3.05, 3.63) is 96.1 Å². The van der Waals surface area contributed by atoms with Gasteiger partial charge in [-0.1, -0.05) is 60.7 Å². The Bertz CT molecular complexity index is 1070. The van der Waals surface area contributed by atoms with E-state index in [1.807, 2.05) is 60.7 Å². The average molecular weight is 511 g/mol. The van der Waals surface area contributed by atoms with Gasteiger partial charge < -0.3 is 23.5 Å². The first-order valence-electron chi connectivity index (χ1n) is 12.0. The monoisotopic (exact) mass is 510 g/mol. The lowest BCUT2D eigenvalue weighted by Crippen LogP contribution is -2.38. The van der Waals surface area contributed by atoms with Crippen LogP contribution in [0.15, 0.2) is 89.8 Å². The number of hydrogen-bond acceptors (Lipinski definition) is 8. The maximum atomic E-state index is 12.6. The Kier molecular flexibility index (Phi) is 8.52. The second-order valence-electron chi connectivity index (χ2n) is 8.81. The topological polar surface area (TPSA) is 104 Å². The van der Waals surface area contributed by atoms with E-state index in [2.05, 4.69) is 10.2 Å². The molecule has 9 heteroatoms. The summed E-state index contributed by atoms with van der Waals surface area (Å²) in [6.07, 6.45) is -0.872. The number of rotatable bonds is 11. The van der Waals surface area contributed by atoms with Crippen LogP contribution in [0.25, 0.3) is 0 Å². The molecule has 6 atom stereocenters. The van der Waals surface area contributed by atoms with Crippen LogP contribution in [0.4, 0.5) is 5.69 Å². The maximum absolute atomic E-state index is 12.6. The molecule has 2 aliphatic rings. The first-order valence-corrected chi connectivity index (χ1v) is 13.1. The van der Waals surface area contributed by atoms with E-state index >= 15 is 0 Å². The minimum absolute atomic E-state index is 0.165. The zero-order valence-corrected chi connectivity index (χ0v) is 20.5. The number of fused-ring (bicyclic) bond motifs is 1. The Morgan fingerprint density at radius 2 is 1.50 bits per heavy atom. The quantitative estimate of drug-likeness (QED) is 0.265. The highest BCUT2D eigenvalue weighted by molar-refractivity contribution is 7.89. The lowest BCUT2D eigenvalue weighted by Gasteiger charge is -2.24. The third kappa shape index (κ3) is 6.26. The summed E-state index contributed by atoms with van der Waals surface area (Å²) in [4.78, 5) is 0.613. The Hall–Kier alpha value is -2.47. The van der Waals surface area contributed by atoms with Gasteiger partial charge in [-0.3, -0.25) is 10.7 Å². The summed E-state index contributed by atoms with van der Waals surface area (Å²) in [6, 6.07) is 26.7. The molecule has 0 aromatic heterocycles. The van der Waals surface area contributed by atoms with E-state index in [1.165, 1.54) is 0 Å². The van der Waals surface area contributed by atoms with Gasteiger partial charge in [0, 0.05) is 6.42 Å². The average Bonchev–Trinajstić information content (AvgIpc) is 3.48. The Balaban J connectivity index is 1.18. The molecule has 0 saturated carbocycles. The van der Waals surface area contributed by atoms with Gasteiger partial charge in [0.1, 0.15) is 12.2 Å². The Morgan fingerprint density at radius 3 is 2.14 bits per heavy atom. The summed E-state index contributed by atoms with van der Waals surface area (Å²) in [5, 5.41) is 8.94. The molecular weight excluding hydrogens is 480 g/mol. The van der Waals surface area contributed by atoms with Gasteiger partial charge in [0.2, 0.25) is 0 Å². The van der Waals surface area contributed by atoms with Crippen LogP contribution in [-0.4, -0.2) is 47.0 Å². The van der Waals surface area contributed by atoms with Crippen molar-refractivity contribution < 1.29 is 28.7 Å². The molecule has 3 N–H and O–H groups in total. The van der Waals surface area contributed by atoms with Crippen molar-refractivity contribution in [2.45, 2.75) is 55.2 Å². The smallest absolute Gasteiger partial charge is 0.187 e. The van der Waals surface area contributed by atoms with Gasteiger partial charge in [-0.15, -0.1) is 4.72 Å². The summed E-state index contributed by atoms with van der Waals surface area (Å²) in [5.74, 6) is 0. The van der Waals surface area contributed by atoms with Crippen LogP contribution in [0.3, 0.4) is 0 Å². The van der Waals surface area contributed by atoms with E-state index in [0.717, 1.165) is 11.1 Å². The normalized spacial score (nSPS) is 26.0. The fourth-order valence-corrected chi connectivity index (χ4v) is 5.34. The van der Waals surface area contributed by atoms with Gasteiger partial charge in [0.25, 0.3) is 0 Å². The van der Waals surface area contributed by atoms with Crippen LogP contribution in [0, 0.1) is 0 Å². The third-order valence-corrected chi connectivity index (χ3v) is 7.42. The van der Waals surface area contributed by atoms with Gasteiger partial charge in [-0.05, 0) is 35.4 Å². The molecular formula is C27H30N2O6S. The second kappa shape index (κ2) is 12.2. The van der Waals surface area contributed by atoms with Crippen molar-refractivity contribution in [1.82, 2.24) is 4.72 Å². The van der Waals surface area contributed by atoms with E-state index in [-0.39, 0.29) is 24.4 Å². The molecule has 3 unspecified atom stereocenters. The Morgan fingerprint density at radius 1 is 0.861 bits per heavy atom. The summed E-state index contributed by atoms with van der Waals surface area (Å²) < 4.78 is 40.6. The number of nitrogens with one attached hydrogen (secondary N) is 2. The molecule has 2 aliphatic heterocycles. The lowest BCUT2D eigenvalue weighted by molar-refractivity contribution is -0.194. The standard InChI is InChI=1S/C27H30N2O6S/c30-29-21-11-13-23(14-12-21)36(31)28-16-22-15-24-25(34-22)26(32-17-19-7-3-1-4-8-19)27(35-24)33-18-20-9-5-2-6-10-20/h1-14,22,24-30H,15-18H2/t22-,24?,25?,26-,27-,36?/m0/s1. The van der Waals surface area contributed by atoms with Gasteiger partial charge in [-0.25, -0.2) is 0 Å². The fraction of sp³-hybridized carbons (Fsp3) is 0.333. The molecule has 2 fully saturated rings. The van der Waals surface area contributed by atoms with Crippen LogP contribution in [0.1, 0.15) is 17.5 Å². The second-order valence-corrected chi connectivity index (χ2v) is 10.1. The van der Waals surface area contributed by atoms with Gasteiger partial charge in [0.15, 0.2) is 11.2 Å². The minimum atomic E-state index is -1.40. The molecule has 5 rings (SSSR count). The van der Waals surface area contributed by atoms with Crippen molar-refractivity contribution in [3.63, 3.8) is 0 Å². The minimum Gasteiger partial charge on any atom is -0.593 e. The fourth-order valence-electron chi connectivity index (χ4n) is 4.45. The molecule has 8 nitrogen and oxygen atoms in total. The third-order valence-electron chi connectivity index (χ3n) is 6.29. The largest absolute Gasteiger partial charge is 0.593 e. The molecule has 0 aliphatic carbocycles. The van der Waals surface area contributed by atoms with Crippen molar-refractivity contribution in [1.29, 1.82) is 0 Å². The molecule has 190 valence electrons. The van der Waals surface area contributed by atoms with Crippen LogP contribution in [0.5, 0.6) is 0 Å². The number of anilines is 1. The first-order chi connectivity index (χ1) is 17.7. The van der Waals surface area contributed by atoms with Gasteiger partial charge in [-0.2, -0.15) is 0 Å². The molecule has 2 saturated heterocycles. The van der Waals surface area contributed by atoms with Crippen LogP contribution in [0.2, 0.25) is 0 Å². The zero-order chi connectivity index (χ0) is 24.7. The SMILES string of the molecule is [O-][S+](NC[C@@H]1CC2O[C@H](OCc3ccccc3)[C@@H](OCc3ccccc3)C2O1)c1ccc(NO)cc1. The number of hydrogen-bond donors (Lipinski definition) is 3. The Labute approximate surface area is 213 Å². The van der Waals surface area contributed by atoms with Crippen molar-refractivity contribution >= 4 is 17.0 Å². The van der Waals surface area contributed by atoms with E-state index in [0.29, 0.717) is 36.8 Å². The number of ether oxygens (including phenoxy) is 4. The summed E-state index contributed by atoms with van der Waals surface area (Å²) in [5.41, 5.74) is 4.73. The molecule has 2 heterocycles.